The van der Waals surface area contributed by atoms with Crippen LogP contribution in [0.25, 0.3) is 0 Å². The van der Waals surface area contributed by atoms with E-state index in [1.165, 1.54) is 0 Å². The molecule has 17 heavy (non-hydrogen) atoms. The Morgan fingerprint density at radius 1 is 1.47 bits per heavy atom. The van der Waals surface area contributed by atoms with E-state index in [0.29, 0.717) is 6.42 Å². The van der Waals surface area contributed by atoms with Gasteiger partial charge in [0.1, 0.15) is 0 Å². The zero-order valence-electron chi connectivity index (χ0n) is 10.1. The van der Waals surface area contributed by atoms with Gasteiger partial charge >= 0.3 is 0 Å². The molecule has 0 aliphatic rings. The topological polar surface area (TPSA) is 94.9 Å². The smallest absolute Gasteiger partial charge is 0.237 e. The van der Waals surface area contributed by atoms with E-state index in [1.807, 2.05) is 6.92 Å². The second-order valence-corrected chi connectivity index (χ2v) is 5.34. The lowest BCUT2D eigenvalue weighted by molar-refractivity contribution is -0.122. The second-order valence-electron chi connectivity index (χ2n) is 4.28. The number of nitrogens with two attached hydrogens (primary N) is 2. The average molecular weight is 254 g/mol. The Hall–Kier alpha value is -1.14. The molecule has 5 nitrogen and oxygen atoms in total. The highest BCUT2D eigenvalue weighted by Gasteiger charge is 2.24. The normalized spacial score (nSPS) is 14.3. The fourth-order valence-electron chi connectivity index (χ4n) is 1.18. The number of rotatable bonds is 6. The van der Waals surface area contributed by atoms with Gasteiger partial charge in [-0.1, -0.05) is 11.8 Å². The Bertz CT molecular complexity index is 378. The van der Waals surface area contributed by atoms with Crippen molar-refractivity contribution in [3.8, 4) is 0 Å². The quantitative estimate of drug-likeness (QED) is 0.446. The Morgan fingerprint density at radius 2 is 2.06 bits per heavy atom. The first kappa shape index (κ1) is 13.9. The van der Waals surface area contributed by atoms with E-state index in [4.69, 9.17) is 11.5 Å². The van der Waals surface area contributed by atoms with E-state index in [9.17, 15) is 4.79 Å². The molecule has 1 atom stereocenters. The highest BCUT2D eigenvalue weighted by molar-refractivity contribution is 7.99. The fourth-order valence-corrected chi connectivity index (χ4v) is 1.91. The van der Waals surface area contributed by atoms with Gasteiger partial charge in [-0.25, -0.2) is 9.97 Å². The molecule has 0 aliphatic carbocycles. The molecule has 1 aromatic heterocycles. The van der Waals surface area contributed by atoms with Crippen molar-refractivity contribution in [1.29, 1.82) is 0 Å². The van der Waals surface area contributed by atoms with Crippen molar-refractivity contribution >= 4 is 17.7 Å². The summed E-state index contributed by atoms with van der Waals surface area (Å²) in [4.78, 5) is 19.3. The summed E-state index contributed by atoms with van der Waals surface area (Å²) in [5, 5.41) is 0.744. The molecule has 1 amide bonds. The third-order valence-electron chi connectivity index (χ3n) is 2.39. The van der Waals surface area contributed by atoms with E-state index in [2.05, 4.69) is 9.97 Å². The Labute approximate surface area is 105 Å². The first-order valence-electron chi connectivity index (χ1n) is 5.42. The van der Waals surface area contributed by atoms with Crippen LogP contribution in [0.4, 0.5) is 0 Å². The zero-order valence-corrected chi connectivity index (χ0v) is 11.0. The summed E-state index contributed by atoms with van der Waals surface area (Å²) >= 11 is 1.55. The maximum absolute atomic E-state index is 11.0. The molecule has 0 saturated heterocycles. The van der Waals surface area contributed by atoms with Crippen molar-refractivity contribution < 1.29 is 4.79 Å². The van der Waals surface area contributed by atoms with Crippen molar-refractivity contribution in [3.05, 3.63) is 18.0 Å². The number of hydrogen-bond donors (Lipinski definition) is 2. The van der Waals surface area contributed by atoms with Crippen molar-refractivity contribution in [2.45, 2.75) is 37.4 Å². The number of hydrogen-bond acceptors (Lipinski definition) is 5. The molecule has 94 valence electrons. The van der Waals surface area contributed by atoms with E-state index < -0.39 is 11.4 Å². The minimum atomic E-state index is -0.922. The summed E-state index contributed by atoms with van der Waals surface area (Å²) < 4.78 is 0. The molecule has 0 radical (unpaired) electrons. The number of aryl methyl sites for hydroxylation is 1. The van der Waals surface area contributed by atoms with Crippen LogP contribution in [0.5, 0.6) is 0 Å². The standard InChI is InChI=1S/C11H18N4OS/c1-8-6-14-10(15-7-8)17-5-3-4-11(2,13)9(12)16/h6-7H,3-5,13H2,1-2H3,(H2,12,16). The van der Waals surface area contributed by atoms with Crippen LogP contribution < -0.4 is 11.5 Å². The summed E-state index contributed by atoms with van der Waals surface area (Å²) in [6.07, 6.45) is 4.94. The number of nitrogens with zero attached hydrogens (tertiary/aromatic N) is 2. The Morgan fingerprint density at radius 3 is 2.59 bits per heavy atom. The molecule has 0 bridgehead atoms. The third-order valence-corrected chi connectivity index (χ3v) is 3.35. The van der Waals surface area contributed by atoms with Gasteiger partial charge < -0.3 is 11.5 Å². The highest BCUT2D eigenvalue weighted by Crippen LogP contribution is 2.16. The van der Waals surface area contributed by atoms with E-state index in [-0.39, 0.29) is 0 Å². The SMILES string of the molecule is Cc1cnc(SCCCC(C)(N)C(N)=O)nc1. The van der Waals surface area contributed by atoms with Crippen LogP contribution in [-0.4, -0.2) is 27.2 Å². The van der Waals surface area contributed by atoms with E-state index in [1.54, 1.807) is 31.1 Å². The summed E-state index contributed by atoms with van der Waals surface area (Å²) in [5.41, 5.74) is 11.0. The number of primary amides is 1. The lowest BCUT2D eigenvalue weighted by atomic mass is 9.97. The lowest BCUT2D eigenvalue weighted by Crippen LogP contribution is -2.49. The molecule has 1 aromatic rings. The average Bonchev–Trinajstić information content (AvgIpc) is 2.26. The Kier molecular flexibility index (Phi) is 4.89. The number of aromatic nitrogens is 2. The lowest BCUT2D eigenvalue weighted by Gasteiger charge is -2.19. The summed E-state index contributed by atoms with van der Waals surface area (Å²) in [6.45, 7) is 3.60. The Balaban J connectivity index is 2.29. The summed E-state index contributed by atoms with van der Waals surface area (Å²) in [6, 6.07) is 0. The minimum absolute atomic E-state index is 0.464. The van der Waals surface area contributed by atoms with Crippen LogP contribution in [0.15, 0.2) is 17.6 Å². The predicted octanol–water partition coefficient (Wildman–Crippen LogP) is 0.860. The fraction of sp³-hybridized carbons (Fsp3) is 0.545. The van der Waals surface area contributed by atoms with Crippen LogP contribution in [0.2, 0.25) is 0 Å². The second kappa shape index (κ2) is 5.97. The molecule has 4 N–H and O–H groups in total. The van der Waals surface area contributed by atoms with Gasteiger partial charge in [-0.05, 0) is 32.3 Å². The van der Waals surface area contributed by atoms with Gasteiger partial charge in [-0.2, -0.15) is 0 Å². The van der Waals surface area contributed by atoms with Crippen molar-refractivity contribution in [2.24, 2.45) is 11.5 Å². The van der Waals surface area contributed by atoms with Crippen LogP contribution in [0.3, 0.4) is 0 Å². The van der Waals surface area contributed by atoms with Gasteiger partial charge in [-0.15, -0.1) is 0 Å². The minimum Gasteiger partial charge on any atom is -0.368 e. The highest BCUT2D eigenvalue weighted by atomic mass is 32.2. The van der Waals surface area contributed by atoms with Gasteiger partial charge in [0.2, 0.25) is 5.91 Å². The first-order valence-corrected chi connectivity index (χ1v) is 6.40. The first-order chi connectivity index (χ1) is 7.92. The molecule has 0 fully saturated rings. The van der Waals surface area contributed by atoms with Crippen LogP contribution in [-0.2, 0) is 4.79 Å². The summed E-state index contributed by atoms with van der Waals surface area (Å²) in [5.74, 6) is 0.359. The van der Waals surface area contributed by atoms with E-state index >= 15 is 0 Å². The molecule has 0 aromatic carbocycles. The number of thioether (sulfide) groups is 1. The third kappa shape index (κ3) is 4.70. The van der Waals surface area contributed by atoms with Gasteiger partial charge in [0, 0.05) is 18.1 Å². The molecule has 0 aliphatic heterocycles. The van der Waals surface area contributed by atoms with Gasteiger partial charge in [0.05, 0.1) is 5.54 Å². The van der Waals surface area contributed by atoms with Crippen LogP contribution in [0.1, 0.15) is 25.3 Å². The van der Waals surface area contributed by atoms with Crippen LogP contribution in [0, 0.1) is 6.92 Å². The summed E-state index contributed by atoms with van der Waals surface area (Å²) in [7, 11) is 0. The molecule has 6 heteroatoms. The number of carbonyl (C=O) groups excluding carboxylic acids is 1. The predicted molar refractivity (Wildman–Crippen MR) is 68.5 cm³/mol. The molecular weight excluding hydrogens is 236 g/mol. The molecule has 1 heterocycles. The van der Waals surface area contributed by atoms with Crippen LogP contribution >= 0.6 is 11.8 Å². The molecule has 0 spiro atoms. The van der Waals surface area contributed by atoms with Crippen molar-refractivity contribution in [1.82, 2.24) is 9.97 Å². The number of amides is 1. The monoisotopic (exact) mass is 254 g/mol. The van der Waals surface area contributed by atoms with Gasteiger partial charge in [0.15, 0.2) is 5.16 Å². The molecule has 1 rings (SSSR count). The maximum atomic E-state index is 11.0. The number of carbonyl (C=O) groups is 1. The van der Waals surface area contributed by atoms with Gasteiger partial charge in [-0.3, -0.25) is 4.79 Å². The largest absolute Gasteiger partial charge is 0.368 e. The molecule has 0 saturated carbocycles. The zero-order chi connectivity index (χ0) is 12.9. The van der Waals surface area contributed by atoms with Crippen molar-refractivity contribution in [3.63, 3.8) is 0 Å². The van der Waals surface area contributed by atoms with Gasteiger partial charge in [0.25, 0.3) is 0 Å². The molecular formula is C11H18N4OS. The van der Waals surface area contributed by atoms with Crippen molar-refractivity contribution in [2.75, 3.05) is 5.75 Å². The maximum Gasteiger partial charge on any atom is 0.237 e. The van der Waals surface area contributed by atoms with E-state index in [0.717, 1.165) is 22.9 Å². The molecule has 1 unspecified atom stereocenters.